The molecule has 1 aromatic heterocycles. The average Bonchev–Trinajstić information content (AvgIpc) is 3.61. The molecule has 1 fully saturated rings. The number of amides is 3. The molecule has 3 aromatic rings. The number of nitrogens with one attached hydrogen (secondary N) is 2. The molecule has 4 rings (SSSR count). The third-order valence-corrected chi connectivity index (χ3v) is 9.02. The molecule has 9 nitrogen and oxygen atoms in total. The lowest BCUT2D eigenvalue weighted by molar-refractivity contribution is -0.144. The van der Waals surface area contributed by atoms with Crippen LogP contribution >= 0.6 is 11.3 Å². The Morgan fingerprint density at radius 2 is 1.68 bits per heavy atom. The molecule has 44 heavy (non-hydrogen) atoms. The summed E-state index contributed by atoms with van der Waals surface area (Å²) < 4.78 is 0. The Labute approximate surface area is 264 Å². The highest BCUT2D eigenvalue weighted by Crippen LogP contribution is 2.28. The number of hydrogen-bond acceptors (Lipinski definition) is 7. The van der Waals surface area contributed by atoms with Crippen molar-refractivity contribution in [2.24, 2.45) is 11.1 Å². The summed E-state index contributed by atoms with van der Waals surface area (Å²) in [6, 6.07) is 14.4. The maximum absolute atomic E-state index is 13.8. The molecule has 1 aliphatic heterocycles. The fourth-order valence-corrected chi connectivity index (χ4v) is 6.26. The van der Waals surface area contributed by atoms with Crippen LogP contribution in [0.1, 0.15) is 62.4 Å². The van der Waals surface area contributed by atoms with Gasteiger partial charge in [-0.25, -0.2) is 4.98 Å². The zero-order valence-corrected chi connectivity index (χ0v) is 27.0. The molecule has 0 saturated carbocycles. The molecule has 1 aliphatic rings. The lowest BCUT2D eigenvalue weighted by atomic mass is 9.85. The van der Waals surface area contributed by atoms with Crippen molar-refractivity contribution in [2.45, 2.75) is 84.5 Å². The Balaban J connectivity index is 1.35. The number of thiazole rings is 1. The molecule has 0 radical (unpaired) electrons. The summed E-state index contributed by atoms with van der Waals surface area (Å²) in [6.45, 7) is 8.62. The van der Waals surface area contributed by atoms with Gasteiger partial charge in [-0.3, -0.25) is 14.4 Å². The number of hydrogen-bond donors (Lipinski definition) is 4. The summed E-state index contributed by atoms with van der Waals surface area (Å²) in [5.41, 5.74) is 12.0. The second-order valence-corrected chi connectivity index (χ2v) is 13.5. The quantitative estimate of drug-likeness (QED) is 0.244. The van der Waals surface area contributed by atoms with Crippen molar-refractivity contribution < 1.29 is 19.5 Å². The van der Waals surface area contributed by atoms with E-state index < -0.39 is 23.6 Å². The number of carbonyl (C=O) groups is 3. The Morgan fingerprint density at radius 1 is 1.05 bits per heavy atom. The normalized spacial score (nSPS) is 17.4. The first-order valence-corrected chi connectivity index (χ1v) is 16.2. The molecular formula is C34H45N5O4S. The molecule has 3 amide bonds. The van der Waals surface area contributed by atoms with Crippen LogP contribution in [0.15, 0.2) is 54.0 Å². The van der Waals surface area contributed by atoms with Gasteiger partial charge in [-0.15, -0.1) is 11.3 Å². The molecule has 0 bridgehead atoms. The van der Waals surface area contributed by atoms with Gasteiger partial charge in [-0.2, -0.15) is 0 Å². The van der Waals surface area contributed by atoms with Crippen LogP contribution in [0.2, 0.25) is 0 Å². The van der Waals surface area contributed by atoms with Crippen LogP contribution in [0.4, 0.5) is 0 Å². The van der Waals surface area contributed by atoms with E-state index in [4.69, 9.17) is 5.73 Å². The van der Waals surface area contributed by atoms with Gasteiger partial charge in [0.15, 0.2) is 0 Å². The number of nitrogens with zero attached hydrogens (tertiary/aromatic N) is 2. The van der Waals surface area contributed by atoms with Gasteiger partial charge in [0, 0.05) is 25.9 Å². The maximum atomic E-state index is 13.8. The van der Waals surface area contributed by atoms with Crippen molar-refractivity contribution in [3.63, 3.8) is 0 Å². The van der Waals surface area contributed by atoms with Gasteiger partial charge in [-0.05, 0) is 60.4 Å². The van der Waals surface area contributed by atoms with E-state index in [9.17, 15) is 19.5 Å². The summed E-state index contributed by atoms with van der Waals surface area (Å²) in [7, 11) is 0. The monoisotopic (exact) mass is 619 g/mol. The van der Waals surface area contributed by atoms with E-state index in [2.05, 4.69) is 27.8 Å². The van der Waals surface area contributed by atoms with Crippen molar-refractivity contribution in [3.05, 3.63) is 76.4 Å². The second kappa shape index (κ2) is 14.9. The minimum atomic E-state index is -0.850. The number of aromatic nitrogens is 1. The Hall–Kier alpha value is -3.60. The number of β-amino-alcohol motifs (C(OH)–C–C–N with tert-alkyl or cyclic N) is 1. The summed E-state index contributed by atoms with van der Waals surface area (Å²) in [6.07, 6.45) is 1.97. The van der Waals surface area contributed by atoms with Crippen LogP contribution in [0.3, 0.4) is 0 Å². The van der Waals surface area contributed by atoms with E-state index in [0.29, 0.717) is 19.5 Å². The van der Waals surface area contributed by atoms with E-state index in [0.717, 1.165) is 40.1 Å². The summed E-state index contributed by atoms with van der Waals surface area (Å²) in [5.74, 6) is -0.925. The molecule has 0 unspecified atom stereocenters. The van der Waals surface area contributed by atoms with Gasteiger partial charge in [0.05, 0.1) is 22.2 Å². The van der Waals surface area contributed by atoms with Crippen molar-refractivity contribution in [1.29, 1.82) is 0 Å². The highest BCUT2D eigenvalue weighted by molar-refractivity contribution is 7.13. The molecule has 236 valence electrons. The predicted molar refractivity (Wildman–Crippen MR) is 174 cm³/mol. The molecule has 2 heterocycles. The Bertz CT molecular complexity index is 1410. The van der Waals surface area contributed by atoms with Gasteiger partial charge in [0.2, 0.25) is 17.7 Å². The van der Waals surface area contributed by atoms with Crippen molar-refractivity contribution in [2.75, 3.05) is 13.1 Å². The van der Waals surface area contributed by atoms with Gasteiger partial charge in [0.25, 0.3) is 0 Å². The summed E-state index contributed by atoms with van der Waals surface area (Å²) >= 11 is 1.59. The largest absolute Gasteiger partial charge is 0.391 e. The smallest absolute Gasteiger partial charge is 0.246 e. The van der Waals surface area contributed by atoms with Crippen molar-refractivity contribution >= 4 is 29.1 Å². The van der Waals surface area contributed by atoms with Crippen molar-refractivity contribution in [1.82, 2.24) is 20.5 Å². The van der Waals surface area contributed by atoms with E-state index in [1.54, 1.807) is 11.3 Å². The summed E-state index contributed by atoms with van der Waals surface area (Å²) in [5, 5.41) is 16.3. The first-order valence-electron chi connectivity index (χ1n) is 15.3. The number of aliphatic hydroxyl groups is 1. The number of carbonyl (C=O) groups excluding carboxylic acids is 3. The third-order valence-electron chi connectivity index (χ3n) is 8.04. The summed E-state index contributed by atoms with van der Waals surface area (Å²) in [4.78, 5) is 47.0. The van der Waals surface area contributed by atoms with Crippen LogP contribution < -0.4 is 16.4 Å². The van der Waals surface area contributed by atoms with E-state index >= 15 is 0 Å². The maximum Gasteiger partial charge on any atom is 0.246 e. The van der Waals surface area contributed by atoms with Crippen LogP contribution in [-0.4, -0.2) is 64.0 Å². The number of nitrogens with two attached hydrogens (primary N) is 1. The fourth-order valence-electron chi connectivity index (χ4n) is 5.45. The van der Waals surface area contributed by atoms with Crippen LogP contribution in [0, 0.1) is 12.3 Å². The van der Waals surface area contributed by atoms with Crippen LogP contribution in [0.5, 0.6) is 0 Å². The first-order chi connectivity index (χ1) is 21.0. The Morgan fingerprint density at radius 3 is 2.27 bits per heavy atom. The predicted octanol–water partition coefficient (Wildman–Crippen LogP) is 3.75. The highest BCUT2D eigenvalue weighted by Gasteiger charge is 2.44. The van der Waals surface area contributed by atoms with Gasteiger partial charge >= 0.3 is 0 Å². The molecule has 5 N–H and O–H groups in total. The first kappa shape index (κ1) is 33.3. The van der Waals surface area contributed by atoms with Gasteiger partial charge in [0.1, 0.15) is 12.1 Å². The molecular weight excluding hydrogens is 574 g/mol. The number of rotatable bonds is 12. The SMILES string of the molecule is Cc1ncsc1-c1ccc(CNC(=O)[C@@H]2C[C@@H](O)CN2C(=O)[C@@H](NC(=O)CCc2ccc(CCCN)cc2)C(C)(C)C)cc1. The molecule has 1 saturated heterocycles. The van der Waals surface area contributed by atoms with E-state index in [1.807, 2.05) is 69.6 Å². The van der Waals surface area contributed by atoms with Crippen molar-refractivity contribution in [3.8, 4) is 10.4 Å². The fraction of sp³-hybridized carbons (Fsp3) is 0.471. The number of aliphatic hydroxyl groups excluding tert-OH is 1. The minimum Gasteiger partial charge on any atom is -0.391 e. The molecule has 0 spiro atoms. The molecule has 0 aliphatic carbocycles. The number of aryl methyl sites for hydroxylation is 3. The third kappa shape index (κ3) is 8.74. The molecule has 2 aromatic carbocycles. The minimum absolute atomic E-state index is 0.0404. The number of benzene rings is 2. The van der Waals surface area contributed by atoms with E-state index in [1.165, 1.54) is 10.5 Å². The zero-order valence-electron chi connectivity index (χ0n) is 26.1. The standard InChI is InChI=1S/C34H45N5O4S/c1-22-30(44-21-37-22)26-14-11-25(12-15-26)19-36-32(42)28-18-27(40)20-39(28)33(43)31(34(2,3)4)38-29(41)16-13-24-9-7-23(8-10-24)6-5-17-35/h7-12,14-15,21,27-28,31,40H,5-6,13,16-20,35H2,1-4H3,(H,36,42)(H,38,41)/t27-,28+,31-/m1/s1. The topological polar surface area (TPSA) is 138 Å². The highest BCUT2D eigenvalue weighted by atomic mass is 32.1. The van der Waals surface area contributed by atoms with E-state index in [-0.39, 0.29) is 37.1 Å². The molecule has 3 atom stereocenters. The lowest BCUT2D eigenvalue weighted by Gasteiger charge is -2.35. The lowest BCUT2D eigenvalue weighted by Crippen LogP contribution is -2.57. The van der Waals surface area contributed by atoms with Gasteiger partial charge in [-0.1, -0.05) is 69.3 Å². The second-order valence-electron chi connectivity index (χ2n) is 12.7. The Kier molecular flexibility index (Phi) is 11.3. The number of likely N-dealkylation sites (tertiary alicyclic amines) is 1. The zero-order chi connectivity index (χ0) is 31.9. The van der Waals surface area contributed by atoms with Crippen LogP contribution in [0.25, 0.3) is 10.4 Å². The average molecular weight is 620 g/mol. The van der Waals surface area contributed by atoms with Crippen LogP contribution in [-0.2, 0) is 33.8 Å². The molecule has 10 heteroatoms. The van der Waals surface area contributed by atoms with Gasteiger partial charge < -0.3 is 26.4 Å².